The maximum absolute atomic E-state index is 12.5. The fraction of sp³-hybridized carbons (Fsp3) is 0.680. The summed E-state index contributed by atoms with van der Waals surface area (Å²) in [6.45, 7) is 10.1. The first kappa shape index (κ1) is 22.6. The zero-order valence-electron chi connectivity index (χ0n) is 18.4. The number of benzene rings is 1. The Hall–Kier alpha value is -1.64. The van der Waals surface area contributed by atoms with Crippen molar-refractivity contribution in [3.63, 3.8) is 0 Å². The smallest absolute Gasteiger partial charge is 0.222 e. The van der Waals surface area contributed by atoms with Crippen LogP contribution in [-0.2, 0) is 4.79 Å². The summed E-state index contributed by atoms with van der Waals surface area (Å²) in [4.78, 5) is 26.8. The Bertz CT molecular complexity index is 627. The van der Waals surface area contributed by atoms with Gasteiger partial charge in [0.05, 0.1) is 0 Å². The molecular weight excluding hydrogens is 346 g/mol. The fourth-order valence-electron chi connectivity index (χ4n) is 4.08. The zero-order valence-corrected chi connectivity index (χ0v) is 18.4. The number of carbonyl (C=O) groups is 2. The van der Waals surface area contributed by atoms with Crippen LogP contribution >= 0.6 is 0 Å². The second-order valence-corrected chi connectivity index (χ2v) is 9.15. The molecule has 0 aliphatic carbocycles. The number of Topliss-reactive ketones (excluding diaryl/α,β-unsaturated/α-hetero) is 1. The van der Waals surface area contributed by atoms with Gasteiger partial charge in [-0.2, -0.15) is 0 Å². The number of rotatable bonds is 10. The number of hydrogen-bond acceptors (Lipinski definition) is 2. The molecule has 2 rings (SSSR count). The zero-order chi connectivity index (χ0) is 20.5. The summed E-state index contributed by atoms with van der Waals surface area (Å²) >= 11 is 0. The highest BCUT2D eigenvalue weighted by atomic mass is 16.2. The summed E-state index contributed by atoms with van der Waals surface area (Å²) in [7, 11) is 0. The quantitative estimate of drug-likeness (QED) is 0.354. The van der Waals surface area contributed by atoms with Crippen LogP contribution in [0.5, 0.6) is 0 Å². The van der Waals surface area contributed by atoms with E-state index in [0.717, 1.165) is 43.8 Å². The summed E-state index contributed by atoms with van der Waals surface area (Å²) in [5.41, 5.74) is 2.08. The topological polar surface area (TPSA) is 37.4 Å². The van der Waals surface area contributed by atoms with Gasteiger partial charge in [-0.15, -0.1) is 0 Å². The van der Waals surface area contributed by atoms with Crippen LogP contribution in [0.25, 0.3) is 0 Å². The van der Waals surface area contributed by atoms with Gasteiger partial charge in [-0.1, -0.05) is 71.6 Å². The largest absolute Gasteiger partial charge is 0.343 e. The minimum Gasteiger partial charge on any atom is -0.343 e. The molecule has 0 aromatic heterocycles. The molecule has 3 nitrogen and oxygen atoms in total. The van der Waals surface area contributed by atoms with Crippen LogP contribution in [-0.4, -0.2) is 29.7 Å². The first-order valence-corrected chi connectivity index (χ1v) is 11.3. The van der Waals surface area contributed by atoms with E-state index < -0.39 is 0 Å². The molecule has 28 heavy (non-hydrogen) atoms. The monoisotopic (exact) mass is 385 g/mol. The van der Waals surface area contributed by atoms with Crippen molar-refractivity contribution in [1.82, 2.24) is 4.90 Å². The van der Waals surface area contributed by atoms with Crippen molar-refractivity contribution in [3.8, 4) is 0 Å². The summed E-state index contributed by atoms with van der Waals surface area (Å²) < 4.78 is 0. The first-order valence-electron chi connectivity index (χ1n) is 11.3. The Morgan fingerprint density at radius 3 is 2.32 bits per heavy atom. The van der Waals surface area contributed by atoms with Gasteiger partial charge in [-0.25, -0.2) is 0 Å². The van der Waals surface area contributed by atoms with E-state index in [0.29, 0.717) is 18.2 Å². The number of amides is 1. The van der Waals surface area contributed by atoms with Crippen LogP contribution in [0.2, 0.25) is 0 Å². The third-order valence-electron chi connectivity index (χ3n) is 5.94. The molecular formula is C25H39NO2. The minimum absolute atomic E-state index is 0.0279. The van der Waals surface area contributed by atoms with Crippen LogP contribution in [0.15, 0.2) is 24.3 Å². The predicted octanol–water partition coefficient (Wildman–Crippen LogP) is 6.23. The Morgan fingerprint density at radius 2 is 1.68 bits per heavy atom. The van der Waals surface area contributed by atoms with E-state index in [2.05, 4.69) is 26.0 Å². The van der Waals surface area contributed by atoms with Crippen LogP contribution in [0.3, 0.4) is 0 Å². The summed E-state index contributed by atoms with van der Waals surface area (Å²) in [6.07, 6.45) is 8.73. The predicted molar refractivity (Wildman–Crippen MR) is 117 cm³/mol. The number of piperidine rings is 1. The van der Waals surface area contributed by atoms with E-state index in [1.165, 1.54) is 31.2 Å². The molecule has 1 aromatic rings. The van der Waals surface area contributed by atoms with Gasteiger partial charge in [0.15, 0.2) is 5.78 Å². The van der Waals surface area contributed by atoms with Crippen molar-refractivity contribution in [1.29, 1.82) is 0 Å². The summed E-state index contributed by atoms with van der Waals surface area (Å²) in [6, 6.07) is 8.13. The lowest BCUT2D eigenvalue weighted by atomic mass is 9.87. The summed E-state index contributed by atoms with van der Waals surface area (Å²) in [5.74, 6) is 1.81. The molecule has 1 heterocycles. The molecule has 1 aromatic carbocycles. The highest BCUT2D eigenvalue weighted by molar-refractivity contribution is 5.97. The van der Waals surface area contributed by atoms with Gasteiger partial charge in [0.2, 0.25) is 5.91 Å². The molecule has 0 unspecified atom stereocenters. The van der Waals surface area contributed by atoms with Crippen molar-refractivity contribution >= 4 is 11.7 Å². The van der Waals surface area contributed by atoms with Crippen molar-refractivity contribution in [3.05, 3.63) is 35.4 Å². The van der Waals surface area contributed by atoms with Gasteiger partial charge < -0.3 is 4.90 Å². The van der Waals surface area contributed by atoms with E-state index in [1.54, 1.807) is 0 Å². The maximum Gasteiger partial charge on any atom is 0.222 e. The lowest BCUT2D eigenvalue weighted by Crippen LogP contribution is -2.37. The Labute approximate surface area is 171 Å². The molecule has 0 N–H and O–H groups in total. The van der Waals surface area contributed by atoms with Crippen LogP contribution < -0.4 is 0 Å². The molecule has 0 spiro atoms. The average Bonchev–Trinajstić information content (AvgIpc) is 2.69. The molecule has 1 amide bonds. The van der Waals surface area contributed by atoms with Crippen molar-refractivity contribution in [2.24, 2.45) is 11.8 Å². The van der Waals surface area contributed by atoms with Crippen LogP contribution in [0.1, 0.15) is 101 Å². The molecule has 3 heteroatoms. The van der Waals surface area contributed by atoms with Gasteiger partial charge >= 0.3 is 0 Å². The number of nitrogens with zero attached hydrogens (tertiary/aromatic N) is 1. The highest BCUT2D eigenvalue weighted by Crippen LogP contribution is 2.29. The SMILES string of the molecule is CC(C)CCCCCCC(=O)N1CCC(c2cccc(C(=O)C(C)C)c2)CC1. The lowest BCUT2D eigenvalue weighted by molar-refractivity contribution is -0.132. The van der Waals surface area contributed by atoms with Crippen molar-refractivity contribution in [2.75, 3.05) is 13.1 Å². The van der Waals surface area contributed by atoms with E-state index in [4.69, 9.17) is 0 Å². The first-order chi connectivity index (χ1) is 13.4. The van der Waals surface area contributed by atoms with Crippen molar-refractivity contribution < 1.29 is 9.59 Å². The van der Waals surface area contributed by atoms with Gasteiger partial charge in [-0.05, 0) is 42.7 Å². The highest BCUT2D eigenvalue weighted by Gasteiger charge is 2.24. The molecule has 1 aliphatic heterocycles. The number of ketones is 1. The van der Waals surface area contributed by atoms with E-state index >= 15 is 0 Å². The number of likely N-dealkylation sites (tertiary alicyclic amines) is 1. The maximum atomic E-state index is 12.5. The van der Waals surface area contributed by atoms with Gasteiger partial charge in [-0.3, -0.25) is 9.59 Å². The van der Waals surface area contributed by atoms with Crippen molar-refractivity contribution in [2.45, 2.75) is 85.0 Å². The van der Waals surface area contributed by atoms with Gasteiger partial charge in [0.25, 0.3) is 0 Å². The molecule has 0 radical (unpaired) electrons. The summed E-state index contributed by atoms with van der Waals surface area (Å²) in [5, 5.41) is 0. The molecule has 156 valence electrons. The number of unbranched alkanes of at least 4 members (excludes halogenated alkanes) is 3. The Kier molecular flexibility index (Phi) is 9.21. The molecule has 0 atom stereocenters. The van der Waals surface area contributed by atoms with Crippen LogP contribution in [0, 0.1) is 11.8 Å². The third-order valence-corrected chi connectivity index (χ3v) is 5.94. The average molecular weight is 386 g/mol. The fourth-order valence-corrected chi connectivity index (χ4v) is 4.08. The molecule has 1 fully saturated rings. The molecule has 0 saturated carbocycles. The molecule has 0 bridgehead atoms. The lowest BCUT2D eigenvalue weighted by Gasteiger charge is -2.32. The third kappa shape index (κ3) is 7.07. The van der Waals surface area contributed by atoms with Crippen LogP contribution in [0.4, 0.5) is 0 Å². The normalized spacial score (nSPS) is 15.4. The minimum atomic E-state index is 0.0279. The van der Waals surface area contributed by atoms with Gasteiger partial charge in [0, 0.05) is 31.0 Å². The molecule has 1 saturated heterocycles. The van der Waals surface area contributed by atoms with E-state index in [1.807, 2.05) is 30.9 Å². The number of hydrogen-bond donors (Lipinski definition) is 0. The Balaban J connectivity index is 1.74. The van der Waals surface area contributed by atoms with Gasteiger partial charge in [0.1, 0.15) is 0 Å². The standard InChI is InChI=1S/C25H39NO2/c1-19(2)10-7-5-6-8-13-24(27)26-16-14-21(15-17-26)22-11-9-12-23(18-22)25(28)20(3)4/h9,11-12,18-21H,5-8,10,13-17H2,1-4H3. The van der Waals surface area contributed by atoms with E-state index in [-0.39, 0.29) is 11.7 Å². The second kappa shape index (κ2) is 11.4. The number of carbonyl (C=O) groups excluding carboxylic acids is 2. The second-order valence-electron chi connectivity index (χ2n) is 9.15. The van der Waals surface area contributed by atoms with E-state index in [9.17, 15) is 9.59 Å². The molecule has 1 aliphatic rings. The Morgan fingerprint density at radius 1 is 1.00 bits per heavy atom.